The van der Waals surface area contributed by atoms with E-state index in [1.807, 2.05) is 6.92 Å². The minimum atomic E-state index is -0.380. The first-order valence-electron chi connectivity index (χ1n) is 6.91. The van der Waals surface area contributed by atoms with E-state index < -0.39 is 0 Å². The molecule has 0 atom stereocenters. The molecule has 120 valence electrons. The first kappa shape index (κ1) is 17.6. The molecule has 1 aromatic carbocycles. The van der Waals surface area contributed by atoms with E-state index in [0.717, 1.165) is 0 Å². The predicted molar refractivity (Wildman–Crippen MR) is 83.5 cm³/mol. The minimum absolute atomic E-state index is 0.0713. The van der Waals surface area contributed by atoms with Gasteiger partial charge in [-0.25, -0.2) is 0 Å². The number of rotatable bonds is 7. The van der Waals surface area contributed by atoms with Crippen molar-refractivity contribution in [1.29, 1.82) is 0 Å². The molecule has 0 heterocycles. The highest BCUT2D eigenvalue weighted by Crippen LogP contribution is 2.13. The molecule has 7 nitrogen and oxygen atoms in total. The maximum atomic E-state index is 11.9. The zero-order valence-electron chi connectivity index (χ0n) is 13.0. The van der Waals surface area contributed by atoms with E-state index in [0.29, 0.717) is 17.9 Å². The highest BCUT2D eigenvalue weighted by atomic mass is 16.5. The lowest BCUT2D eigenvalue weighted by molar-refractivity contribution is -0.142. The van der Waals surface area contributed by atoms with Crippen LogP contribution in [0.4, 0.5) is 11.4 Å². The Balaban J connectivity index is 2.53. The molecule has 1 aromatic rings. The molecular formula is C15H21N3O4. The van der Waals surface area contributed by atoms with Crippen LogP contribution in [0, 0.1) is 0 Å². The van der Waals surface area contributed by atoms with Gasteiger partial charge >= 0.3 is 5.97 Å². The Hall–Kier alpha value is -2.41. The molecule has 7 heteroatoms. The van der Waals surface area contributed by atoms with Crippen LogP contribution in [0.2, 0.25) is 0 Å². The molecule has 1 rings (SSSR count). The largest absolute Gasteiger partial charge is 0.468 e. The maximum Gasteiger partial charge on any atom is 0.319 e. The van der Waals surface area contributed by atoms with Gasteiger partial charge in [-0.2, -0.15) is 0 Å². The summed E-state index contributed by atoms with van der Waals surface area (Å²) in [5.41, 5.74) is 1.28. The summed E-state index contributed by atoms with van der Waals surface area (Å²) in [6.45, 7) is 4.01. The van der Waals surface area contributed by atoms with Crippen molar-refractivity contribution in [3.8, 4) is 0 Å². The van der Waals surface area contributed by atoms with Crippen molar-refractivity contribution in [2.75, 3.05) is 37.4 Å². The van der Waals surface area contributed by atoms with Crippen LogP contribution >= 0.6 is 0 Å². The predicted octanol–water partition coefficient (Wildman–Crippen LogP) is 1.08. The summed E-state index contributed by atoms with van der Waals surface area (Å²) in [4.78, 5) is 35.7. The highest BCUT2D eigenvalue weighted by Gasteiger charge is 2.13. The zero-order valence-corrected chi connectivity index (χ0v) is 13.0. The van der Waals surface area contributed by atoms with Crippen LogP contribution in [-0.2, 0) is 19.1 Å². The summed E-state index contributed by atoms with van der Waals surface area (Å²) in [6.07, 6.45) is 0. The van der Waals surface area contributed by atoms with Gasteiger partial charge in [0.25, 0.3) is 0 Å². The van der Waals surface area contributed by atoms with Gasteiger partial charge in [-0.3, -0.25) is 19.3 Å². The number of methoxy groups -OCH3 is 1. The second kappa shape index (κ2) is 8.78. The van der Waals surface area contributed by atoms with Gasteiger partial charge in [0.2, 0.25) is 11.8 Å². The number of benzene rings is 1. The van der Waals surface area contributed by atoms with Gasteiger partial charge in [-0.05, 0) is 30.8 Å². The minimum Gasteiger partial charge on any atom is -0.468 e. The smallest absolute Gasteiger partial charge is 0.319 e. The van der Waals surface area contributed by atoms with Gasteiger partial charge in [-0.15, -0.1) is 0 Å². The lowest BCUT2D eigenvalue weighted by Crippen LogP contribution is -2.37. The molecule has 0 aliphatic carbocycles. The normalized spacial score (nSPS) is 10.2. The highest BCUT2D eigenvalue weighted by molar-refractivity contribution is 5.93. The lowest BCUT2D eigenvalue weighted by atomic mass is 10.2. The van der Waals surface area contributed by atoms with Crippen molar-refractivity contribution < 1.29 is 19.1 Å². The summed E-state index contributed by atoms with van der Waals surface area (Å²) in [5.74, 6) is -0.759. The van der Waals surface area contributed by atoms with E-state index in [1.54, 1.807) is 29.2 Å². The average molecular weight is 307 g/mol. The number of anilines is 2. The number of amides is 2. The third-order valence-electron chi connectivity index (χ3n) is 2.88. The molecule has 0 aromatic heterocycles. The van der Waals surface area contributed by atoms with E-state index in [1.165, 1.54) is 14.0 Å². The van der Waals surface area contributed by atoms with E-state index in [2.05, 4.69) is 15.4 Å². The summed E-state index contributed by atoms with van der Waals surface area (Å²) in [7, 11) is 1.31. The molecule has 0 aliphatic heterocycles. The maximum absolute atomic E-state index is 11.9. The molecule has 0 spiro atoms. The first-order valence-corrected chi connectivity index (χ1v) is 6.91. The molecule has 0 saturated heterocycles. The third kappa shape index (κ3) is 6.36. The van der Waals surface area contributed by atoms with Gasteiger partial charge in [-0.1, -0.05) is 6.92 Å². The summed E-state index contributed by atoms with van der Waals surface area (Å²) < 4.78 is 4.58. The zero-order chi connectivity index (χ0) is 16.5. The van der Waals surface area contributed by atoms with Crippen LogP contribution in [0.25, 0.3) is 0 Å². The summed E-state index contributed by atoms with van der Waals surface area (Å²) in [5, 5.41) is 5.38. The molecule has 0 unspecified atom stereocenters. The van der Waals surface area contributed by atoms with Crippen molar-refractivity contribution in [2.45, 2.75) is 13.8 Å². The van der Waals surface area contributed by atoms with Crippen molar-refractivity contribution in [3.63, 3.8) is 0 Å². The average Bonchev–Trinajstić information content (AvgIpc) is 2.47. The van der Waals surface area contributed by atoms with Crippen LogP contribution in [0.1, 0.15) is 13.8 Å². The molecule has 0 saturated carbocycles. The van der Waals surface area contributed by atoms with Gasteiger partial charge in [0.1, 0.15) is 0 Å². The first-order chi connectivity index (χ1) is 10.4. The van der Waals surface area contributed by atoms with Gasteiger partial charge in [0.05, 0.1) is 20.2 Å². The number of nitrogens with zero attached hydrogens (tertiary/aromatic N) is 1. The van der Waals surface area contributed by atoms with Crippen LogP contribution in [0.5, 0.6) is 0 Å². The SMILES string of the molecule is CCN(CC(=O)Nc1ccc(NC(C)=O)cc1)CC(=O)OC. The number of carbonyl (C=O) groups is 3. The van der Waals surface area contributed by atoms with Crippen molar-refractivity contribution >= 4 is 29.2 Å². The van der Waals surface area contributed by atoms with Crippen molar-refractivity contribution in [1.82, 2.24) is 4.90 Å². The molecule has 0 radical (unpaired) electrons. The standard InChI is InChI=1S/C15H21N3O4/c1-4-18(10-15(21)22-3)9-14(20)17-13-7-5-12(6-8-13)16-11(2)19/h5-8H,4,9-10H2,1-3H3,(H,16,19)(H,17,20). The van der Waals surface area contributed by atoms with Crippen LogP contribution in [0.15, 0.2) is 24.3 Å². The van der Waals surface area contributed by atoms with Crippen LogP contribution < -0.4 is 10.6 Å². The second-order valence-electron chi connectivity index (χ2n) is 4.69. The van der Waals surface area contributed by atoms with Crippen LogP contribution in [0.3, 0.4) is 0 Å². The summed E-state index contributed by atoms with van der Waals surface area (Å²) in [6, 6.07) is 6.78. The van der Waals surface area contributed by atoms with Crippen molar-refractivity contribution in [2.24, 2.45) is 0 Å². The Bertz CT molecular complexity index is 528. The molecule has 0 bridgehead atoms. The molecule has 0 fully saturated rings. The Morgan fingerprint density at radius 2 is 1.59 bits per heavy atom. The molecule has 2 amide bonds. The molecule has 2 N–H and O–H groups in total. The molecule has 0 aliphatic rings. The Kier molecular flexibility index (Phi) is 7.04. The second-order valence-corrected chi connectivity index (χ2v) is 4.69. The number of nitrogens with one attached hydrogen (secondary N) is 2. The number of hydrogen-bond acceptors (Lipinski definition) is 5. The fraction of sp³-hybridized carbons (Fsp3) is 0.400. The number of carbonyl (C=O) groups excluding carboxylic acids is 3. The van der Waals surface area contributed by atoms with E-state index >= 15 is 0 Å². The fourth-order valence-electron chi connectivity index (χ4n) is 1.77. The topological polar surface area (TPSA) is 87.7 Å². The molecular weight excluding hydrogens is 286 g/mol. The number of hydrogen-bond donors (Lipinski definition) is 2. The van der Waals surface area contributed by atoms with E-state index in [9.17, 15) is 14.4 Å². The van der Waals surface area contributed by atoms with Crippen molar-refractivity contribution in [3.05, 3.63) is 24.3 Å². The van der Waals surface area contributed by atoms with Gasteiger partial charge < -0.3 is 15.4 Å². The number of esters is 1. The summed E-state index contributed by atoms with van der Waals surface area (Å²) >= 11 is 0. The third-order valence-corrected chi connectivity index (χ3v) is 2.88. The fourth-order valence-corrected chi connectivity index (χ4v) is 1.77. The Morgan fingerprint density at radius 3 is 2.05 bits per heavy atom. The quantitative estimate of drug-likeness (QED) is 0.736. The number of ether oxygens (including phenoxy) is 1. The van der Waals surface area contributed by atoms with Gasteiger partial charge in [0.15, 0.2) is 0 Å². The number of likely N-dealkylation sites (N-methyl/N-ethyl adjacent to an activating group) is 1. The van der Waals surface area contributed by atoms with E-state index in [4.69, 9.17) is 0 Å². The lowest BCUT2D eigenvalue weighted by Gasteiger charge is -2.18. The van der Waals surface area contributed by atoms with E-state index in [-0.39, 0.29) is 30.9 Å². The van der Waals surface area contributed by atoms with Gasteiger partial charge in [0, 0.05) is 18.3 Å². The molecule has 22 heavy (non-hydrogen) atoms. The van der Waals surface area contributed by atoms with Crippen LogP contribution in [-0.4, -0.2) is 49.4 Å². The Morgan fingerprint density at radius 1 is 1.05 bits per heavy atom. The Labute approximate surface area is 129 Å². The monoisotopic (exact) mass is 307 g/mol.